The summed E-state index contributed by atoms with van der Waals surface area (Å²) in [5, 5.41) is 0. The van der Waals surface area contributed by atoms with E-state index in [1.165, 1.54) is 77.0 Å². The minimum absolute atomic E-state index is 0. The summed E-state index contributed by atoms with van der Waals surface area (Å²) >= 11 is 0. The first-order chi connectivity index (χ1) is 12.5. The summed E-state index contributed by atoms with van der Waals surface area (Å²) in [4.78, 5) is 0. The fourth-order valence-electron chi connectivity index (χ4n) is 3.42. The Morgan fingerprint density at radius 1 is 0.778 bits per heavy atom. The third kappa shape index (κ3) is 14.0. The molecule has 1 atom stereocenters. The van der Waals surface area contributed by atoms with Crippen molar-refractivity contribution in [2.24, 2.45) is 5.73 Å². The summed E-state index contributed by atoms with van der Waals surface area (Å²) in [7, 11) is 0. The lowest BCUT2D eigenvalue weighted by Crippen LogP contribution is -2.48. The standard InChI is InChI=1S/C24H43NO.ClH/c1-4-5-6-7-8-9-10-11-12-13-14-18-21-23(24(2,3)25)26-22-19-16-15-17-20-22;/h15-17,19-20,23H,4-14,18,21,25H2,1-3H3;1H. The molecule has 1 aromatic carbocycles. The molecule has 0 saturated carbocycles. The zero-order valence-electron chi connectivity index (χ0n) is 18.1. The number of benzene rings is 1. The second-order valence-corrected chi connectivity index (χ2v) is 8.42. The third-order valence-electron chi connectivity index (χ3n) is 5.17. The van der Waals surface area contributed by atoms with Crippen LogP contribution < -0.4 is 10.5 Å². The Balaban J connectivity index is 0.00000676. The highest BCUT2D eigenvalue weighted by Crippen LogP contribution is 2.21. The first-order valence-corrected chi connectivity index (χ1v) is 11.0. The van der Waals surface area contributed by atoms with E-state index in [1.807, 2.05) is 30.3 Å². The molecule has 0 spiro atoms. The van der Waals surface area contributed by atoms with Crippen LogP contribution in [0.2, 0.25) is 0 Å². The van der Waals surface area contributed by atoms with E-state index in [-0.39, 0.29) is 24.0 Å². The van der Waals surface area contributed by atoms with Crippen LogP contribution in [0.4, 0.5) is 0 Å². The molecule has 1 rings (SSSR count). The van der Waals surface area contributed by atoms with E-state index >= 15 is 0 Å². The molecule has 0 radical (unpaired) electrons. The van der Waals surface area contributed by atoms with E-state index in [2.05, 4.69) is 20.8 Å². The summed E-state index contributed by atoms with van der Waals surface area (Å²) in [6.45, 7) is 6.42. The van der Waals surface area contributed by atoms with Gasteiger partial charge >= 0.3 is 0 Å². The van der Waals surface area contributed by atoms with Crippen LogP contribution in [0.5, 0.6) is 5.75 Å². The van der Waals surface area contributed by atoms with Crippen molar-refractivity contribution in [3.63, 3.8) is 0 Å². The second kappa shape index (κ2) is 16.2. The smallest absolute Gasteiger partial charge is 0.119 e. The van der Waals surface area contributed by atoms with E-state index in [9.17, 15) is 0 Å². The van der Waals surface area contributed by atoms with Crippen LogP contribution in [0.15, 0.2) is 30.3 Å². The Morgan fingerprint density at radius 2 is 1.22 bits per heavy atom. The van der Waals surface area contributed by atoms with Crippen LogP contribution >= 0.6 is 12.4 Å². The maximum Gasteiger partial charge on any atom is 0.119 e. The molecule has 158 valence electrons. The molecule has 0 amide bonds. The van der Waals surface area contributed by atoms with Gasteiger partial charge in [0.2, 0.25) is 0 Å². The molecule has 0 bridgehead atoms. The summed E-state index contributed by atoms with van der Waals surface area (Å²) in [6.07, 6.45) is 17.6. The number of para-hydroxylation sites is 1. The molecule has 0 saturated heterocycles. The van der Waals surface area contributed by atoms with Crippen LogP contribution in [0.1, 0.15) is 104 Å². The molecule has 3 heteroatoms. The highest BCUT2D eigenvalue weighted by molar-refractivity contribution is 5.85. The largest absolute Gasteiger partial charge is 0.489 e. The molecule has 1 unspecified atom stereocenters. The highest BCUT2D eigenvalue weighted by Gasteiger charge is 2.26. The SMILES string of the molecule is CCCCCCCCCCCCCCC(Oc1ccccc1)C(C)(C)N.Cl. The van der Waals surface area contributed by atoms with E-state index in [1.54, 1.807) is 0 Å². The Hall–Kier alpha value is -0.730. The van der Waals surface area contributed by atoms with Crippen molar-refractivity contribution in [2.75, 3.05) is 0 Å². The molecular weight excluding hydrogens is 354 g/mol. The zero-order valence-corrected chi connectivity index (χ0v) is 18.9. The van der Waals surface area contributed by atoms with E-state index in [0.29, 0.717) is 0 Å². The van der Waals surface area contributed by atoms with E-state index < -0.39 is 0 Å². The lowest BCUT2D eigenvalue weighted by Gasteiger charge is -2.31. The van der Waals surface area contributed by atoms with Crippen LogP contribution in [0.3, 0.4) is 0 Å². The molecule has 2 nitrogen and oxygen atoms in total. The Morgan fingerprint density at radius 3 is 1.67 bits per heavy atom. The van der Waals surface area contributed by atoms with Crippen molar-refractivity contribution in [3.05, 3.63) is 30.3 Å². The zero-order chi connectivity index (χ0) is 19.1. The summed E-state index contributed by atoms with van der Waals surface area (Å²) in [5.41, 5.74) is 6.03. The van der Waals surface area contributed by atoms with E-state index in [4.69, 9.17) is 10.5 Å². The fourth-order valence-corrected chi connectivity index (χ4v) is 3.42. The van der Waals surface area contributed by atoms with Crippen molar-refractivity contribution in [1.82, 2.24) is 0 Å². The van der Waals surface area contributed by atoms with E-state index in [0.717, 1.165) is 12.2 Å². The van der Waals surface area contributed by atoms with Crippen LogP contribution in [0, 0.1) is 0 Å². The average molecular weight is 398 g/mol. The molecule has 0 aromatic heterocycles. The molecular formula is C24H44ClNO. The summed E-state index contributed by atoms with van der Waals surface area (Å²) < 4.78 is 6.15. The minimum atomic E-state index is -0.312. The number of hydrogen-bond acceptors (Lipinski definition) is 2. The lowest BCUT2D eigenvalue weighted by atomic mass is 9.93. The van der Waals surface area contributed by atoms with Gasteiger partial charge in [-0.1, -0.05) is 95.8 Å². The predicted molar refractivity (Wildman–Crippen MR) is 122 cm³/mol. The van der Waals surface area contributed by atoms with Gasteiger partial charge in [0.25, 0.3) is 0 Å². The summed E-state index contributed by atoms with van der Waals surface area (Å²) in [6, 6.07) is 10.1. The lowest BCUT2D eigenvalue weighted by molar-refractivity contribution is 0.117. The van der Waals surface area contributed by atoms with Crippen molar-refractivity contribution >= 4 is 12.4 Å². The van der Waals surface area contributed by atoms with Crippen molar-refractivity contribution in [1.29, 1.82) is 0 Å². The first-order valence-electron chi connectivity index (χ1n) is 11.0. The number of unbranched alkanes of at least 4 members (excludes halogenated alkanes) is 11. The molecule has 0 aliphatic rings. The molecule has 27 heavy (non-hydrogen) atoms. The number of rotatable bonds is 16. The quantitative estimate of drug-likeness (QED) is 0.290. The number of halogens is 1. The third-order valence-corrected chi connectivity index (χ3v) is 5.17. The number of hydrogen-bond donors (Lipinski definition) is 1. The fraction of sp³-hybridized carbons (Fsp3) is 0.750. The van der Waals surface area contributed by atoms with Gasteiger partial charge in [0.05, 0.1) is 0 Å². The van der Waals surface area contributed by atoms with Crippen LogP contribution in [0.25, 0.3) is 0 Å². The normalized spacial score (nSPS) is 12.4. The van der Waals surface area contributed by atoms with Gasteiger partial charge in [-0.2, -0.15) is 0 Å². The van der Waals surface area contributed by atoms with Crippen LogP contribution in [-0.4, -0.2) is 11.6 Å². The second-order valence-electron chi connectivity index (χ2n) is 8.42. The minimum Gasteiger partial charge on any atom is -0.489 e. The number of nitrogens with two attached hydrogens (primary N) is 1. The van der Waals surface area contributed by atoms with Gasteiger partial charge in [0, 0.05) is 5.54 Å². The van der Waals surface area contributed by atoms with Crippen molar-refractivity contribution in [3.8, 4) is 5.75 Å². The monoisotopic (exact) mass is 397 g/mol. The molecule has 0 aliphatic carbocycles. The Kier molecular flexibility index (Phi) is 15.8. The highest BCUT2D eigenvalue weighted by atomic mass is 35.5. The Bertz CT molecular complexity index is 430. The topological polar surface area (TPSA) is 35.2 Å². The van der Waals surface area contributed by atoms with Gasteiger partial charge in [0.1, 0.15) is 11.9 Å². The predicted octanol–water partition coefficient (Wildman–Crippen LogP) is 7.68. The Labute approximate surface area is 175 Å². The molecule has 0 fully saturated rings. The van der Waals surface area contributed by atoms with Gasteiger partial charge in [-0.25, -0.2) is 0 Å². The maximum absolute atomic E-state index is 6.34. The van der Waals surface area contributed by atoms with Crippen molar-refractivity contribution < 1.29 is 4.74 Å². The molecule has 2 N–H and O–H groups in total. The van der Waals surface area contributed by atoms with Gasteiger partial charge < -0.3 is 10.5 Å². The van der Waals surface area contributed by atoms with Gasteiger partial charge in [0.15, 0.2) is 0 Å². The molecule has 0 aliphatic heterocycles. The molecule has 1 aromatic rings. The summed E-state index contributed by atoms with van der Waals surface area (Å²) in [5.74, 6) is 0.926. The maximum atomic E-state index is 6.34. The number of ether oxygens (including phenoxy) is 1. The van der Waals surface area contributed by atoms with Gasteiger partial charge in [-0.15, -0.1) is 12.4 Å². The van der Waals surface area contributed by atoms with Crippen LogP contribution in [-0.2, 0) is 0 Å². The van der Waals surface area contributed by atoms with Crippen molar-refractivity contribution in [2.45, 2.75) is 116 Å². The van der Waals surface area contributed by atoms with Gasteiger partial charge in [-0.3, -0.25) is 0 Å². The molecule has 0 heterocycles. The first kappa shape index (κ1) is 26.3. The van der Waals surface area contributed by atoms with Gasteiger partial charge in [-0.05, 0) is 38.8 Å². The average Bonchev–Trinajstić information content (AvgIpc) is 2.61.